The Morgan fingerprint density at radius 1 is 1.29 bits per heavy atom. The van der Waals surface area contributed by atoms with E-state index >= 15 is 0 Å². The summed E-state index contributed by atoms with van der Waals surface area (Å²) in [5.41, 5.74) is 3.04. The Bertz CT molecular complexity index is 509. The predicted molar refractivity (Wildman–Crippen MR) is 72.6 cm³/mol. The van der Waals surface area contributed by atoms with Gasteiger partial charge in [0.25, 0.3) is 0 Å². The van der Waals surface area contributed by atoms with Gasteiger partial charge in [-0.2, -0.15) is 0 Å². The average Bonchev–Trinajstić information content (AvgIpc) is 2.34. The van der Waals surface area contributed by atoms with Crippen molar-refractivity contribution >= 4 is 34.7 Å². The molecule has 3 rings (SSSR count). The molecule has 0 saturated carbocycles. The number of halogens is 2. The zero-order valence-corrected chi connectivity index (χ0v) is 11.3. The van der Waals surface area contributed by atoms with E-state index in [0.717, 1.165) is 41.3 Å². The maximum Gasteiger partial charge on any atom is 0.105 e. The van der Waals surface area contributed by atoms with Crippen LogP contribution in [0.25, 0.3) is 0 Å². The number of nitrogens with zero attached hydrogens (tertiary/aromatic N) is 2. The molecule has 90 valence electrons. The van der Waals surface area contributed by atoms with Crippen LogP contribution in [-0.4, -0.2) is 17.3 Å². The topological polar surface area (TPSA) is 15.6 Å². The van der Waals surface area contributed by atoms with Gasteiger partial charge in [0.1, 0.15) is 5.84 Å². The highest BCUT2D eigenvalue weighted by molar-refractivity contribution is 6.37. The maximum atomic E-state index is 6.37. The van der Waals surface area contributed by atoms with Crippen molar-refractivity contribution in [1.82, 2.24) is 4.90 Å². The fourth-order valence-corrected chi connectivity index (χ4v) is 3.01. The summed E-state index contributed by atoms with van der Waals surface area (Å²) in [6.45, 7) is 3.93. The average molecular weight is 269 g/mol. The van der Waals surface area contributed by atoms with Crippen LogP contribution in [0.5, 0.6) is 0 Å². The van der Waals surface area contributed by atoms with Gasteiger partial charge in [-0.15, -0.1) is 0 Å². The Labute approximate surface area is 111 Å². The summed E-state index contributed by atoms with van der Waals surface area (Å²) in [5.74, 6) is 1.19. The van der Waals surface area contributed by atoms with Gasteiger partial charge >= 0.3 is 0 Å². The second-order valence-corrected chi connectivity index (χ2v) is 5.49. The molecule has 0 bridgehead atoms. The molecule has 2 aliphatic heterocycles. The molecule has 1 aromatic carbocycles. The van der Waals surface area contributed by atoms with Gasteiger partial charge in [-0.3, -0.25) is 0 Å². The summed E-state index contributed by atoms with van der Waals surface area (Å²) < 4.78 is 0. The molecule has 0 amide bonds. The second kappa shape index (κ2) is 4.18. The fraction of sp³-hybridized carbons (Fsp3) is 0.462. The van der Waals surface area contributed by atoms with E-state index in [4.69, 9.17) is 28.2 Å². The lowest BCUT2D eigenvalue weighted by Gasteiger charge is -2.34. The van der Waals surface area contributed by atoms with E-state index in [1.54, 1.807) is 0 Å². The molecule has 0 radical (unpaired) electrons. The molecular weight excluding hydrogens is 255 g/mol. The summed E-state index contributed by atoms with van der Waals surface area (Å²) in [7, 11) is 0. The minimum absolute atomic E-state index is 0.711. The molecule has 0 spiro atoms. The van der Waals surface area contributed by atoms with Crippen LogP contribution in [0.2, 0.25) is 10.0 Å². The van der Waals surface area contributed by atoms with Crippen LogP contribution >= 0.6 is 23.2 Å². The Morgan fingerprint density at radius 2 is 2.12 bits per heavy atom. The van der Waals surface area contributed by atoms with E-state index in [1.165, 1.54) is 18.7 Å². The molecular formula is C13H14Cl2N2. The summed E-state index contributed by atoms with van der Waals surface area (Å²) in [5, 5.41) is 1.49. The molecule has 2 aliphatic rings. The Morgan fingerprint density at radius 3 is 2.94 bits per heavy atom. The number of fused-ring (bicyclic) bond motifs is 2. The van der Waals surface area contributed by atoms with Crippen molar-refractivity contribution in [2.45, 2.75) is 32.7 Å². The van der Waals surface area contributed by atoms with Crippen molar-refractivity contribution in [3.63, 3.8) is 0 Å². The molecule has 0 atom stereocenters. The van der Waals surface area contributed by atoms with E-state index in [2.05, 4.69) is 4.90 Å². The molecule has 1 fully saturated rings. The number of hydrogen-bond acceptors (Lipinski definition) is 2. The molecule has 0 aromatic heterocycles. The monoisotopic (exact) mass is 268 g/mol. The first-order valence-electron chi connectivity index (χ1n) is 5.97. The largest absolute Gasteiger partial charge is 0.356 e. The van der Waals surface area contributed by atoms with Crippen molar-refractivity contribution < 1.29 is 0 Å². The zero-order valence-electron chi connectivity index (χ0n) is 9.76. The molecule has 0 unspecified atom stereocenters. The predicted octanol–water partition coefficient (Wildman–Crippen LogP) is 4.33. The molecule has 1 aromatic rings. The number of amidine groups is 1. The van der Waals surface area contributed by atoms with Crippen molar-refractivity contribution in [2.75, 3.05) is 6.54 Å². The van der Waals surface area contributed by atoms with Gasteiger partial charge < -0.3 is 4.90 Å². The van der Waals surface area contributed by atoms with E-state index in [0.29, 0.717) is 5.02 Å². The lowest BCUT2D eigenvalue weighted by atomic mass is 10.0. The standard InChI is InChI=1S/C13H14Cl2N2/c1-8-10(14)6-11-9(13(8)15)7-17-5-3-2-4-12(17)16-11/h6H,2-5,7H2,1H3. The van der Waals surface area contributed by atoms with E-state index in [1.807, 2.05) is 13.0 Å². The van der Waals surface area contributed by atoms with Gasteiger partial charge in [0.05, 0.1) is 10.7 Å². The zero-order chi connectivity index (χ0) is 12.0. The van der Waals surface area contributed by atoms with Gasteiger partial charge in [0, 0.05) is 30.1 Å². The van der Waals surface area contributed by atoms with E-state index in [-0.39, 0.29) is 0 Å². The molecule has 0 aliphatic carbocycles. The van der Waals surface area contributed by atoms with Crippen LogP contribution in [0.1, 0.15) is 30.4 Å². The number of hydrogen-bond donors (Lipinski definition) is 0. The van der Waals surface area contributed by atoms with Crippen LogP contribution in [0.15, 0.2) is 11.1 Å². The first-order chi connectivity index (χ1) is 8.16. The quantitative estimate of drug-likeness (QED) is 0.684. The van der Waals surface area contributed by atoms with Gasteiger partial charge in [-0.25, -0.2) is 4.99 Å². The Balaban J connectivity index is 2.13. The van der Waals surface area contributed by atoms with Crippen molar-refractivity contribution in [3.8, 4) is 0 Å². The Kier molecular flexibility index (Phi) is 2.80. The number of piperidine rings is 1. The lowest BCUT2D eigenvalue weighted by molar-refractivity contribution is 0.359. The van der Waals surface area contributed by atoms with Crippen LogP contribution in [-0.2, 0) is 6.54 Å². The summed E-state index contributed by atoms with van der Waals surface area (Å²) in [6.07, 6.45) is 3.55. The van der Waals surface area contributed by atoms with Gasteiger partial charge in [0.15, 0.2) is 0 Å². The molecule has 1 saturated heterocycles. The van der Waals surface area contributed by atoms with Crippen LogP contribution in [0.4, 0.5) is 5.69 Å². The van der Waals surface area contributed by atoms with E-state index < -0.39 is 0 Å². The third-order valence-electron chi connectivity index (χ3n) is 3.57. The normalized spacial score (nSPS) is 18.5. The number of benzene rings is 1. The summed E-state index contributed by atoms with van der Waals surface area (Å²) in [4.78, 5) is 7.04. The van der Waals surface area contributed by atoms with Crippen LogP contribution < -0.4 is 0 Å². The molecule has 0 N–H and O–H groups in total. The smallest absolute Gasteiger partial charge is 0.105 e. The highest BCUT2D eigenvalue weighted by Gasteiger charge is 2.25. The Hall–Kier alpha value is -0.730. The second-order valence-electron chi connectivity index (χ2n) is 4.70. The summed E-state index contributed by atoms with van der Waals surface area (Å²) >= 11 is 12.5. The molecule has 17 heavy (non-hydrogen) atoms. The first-order valence-corrected chi connectivity index (χ1v) is 6.72. The van der Waals surface area contributed by atoms with Crippen molar-refractivity contribution in [1.29, 1.82) is 0 Å². The maximum absolute atomic E-state index is 6.37. The minimum Gasteiger partial charge on any atom is -0.356 e. The highest BCUT2D eigenvalue weighted by atomic mass is 35.5. The van der Waals surface area contributed by atoms with E-state index in [9.17, 15) is 0 Å². The van der Waals surface area contributed by atoms with Gasteiger partial charge in [-0.05, 0) is 31.4 Å². The van der Waals surface area contributed by atoms with Crippen LogP contribution in [0.3, 0.4) is 0 Å². The minimum atomic E-state index is 0.711. The van der Waals surface area contributed by atoms with Crippen molar-refractivity contribution in [3.05, 3.63) is 27.2 Å². The number of rotatable bonds is 0. The fourth-order valence-electron chi connectivity index (χ4n) is 2.51. The van der Waals surface area contributed by atoms with Crippen LogP contribution in [0, 0.1) is 6.92 Å². The third kappa shape index (κ3) is 1.84. The third-order valence-corrected chi connectivity index (χ3v) is 4.47. The molecule has 2 heterocycles. The highest BCUT2D eigenvalue weighted by Crippen LogP contribution is 2.39. The molecule has 2 nitrogen and oxygen atoms in total. The SMILES string of the molecule is Cc1c(Cl)cc2c(c1Cl)CN1CCCCC1=N2. The molecule has 4 heteroatoms. The lowest BCUT2D eigenvalue weighted by Crippen LogP contribution is -2.36. The van der Waals surface area contributed by atoms with Gasteiger partial charge in [0.2, 0.25) is 0 Å². The number of aliphatic imine (C=N–C) groups is 1. The first kappa shape index (κ1) is 11.4. The van der Waals surface area contributed by atoms with Crippen molar-refractivity contribution in [2.24, 2.45) is 4.99 Å². The summed E-state index contributed by atoms with van der Waals surface area (Å²) in [6, 6.07) is 1.94. The van der Waals surface area contributed by atoms with Gasteiger partial charge in [-0.1, -0.05) is 23.2 Å².